The molecule has 3 N–H and O–H groups in total. The molecule has 8 heteroatoms. The summed E-state index contributed by atoms with van der Waals surface area (Å²) >= 11 is 5.81. The standard InChI is InChI=1S/C21H25ClFN5O/c1-21(2)10-15(4-6-18(21)29)27-19-14(11-24)12-26-20(28-19)25-8-7-13-3-5-17(23)16(22)9-13/h3,5,9,12,15,18,29H,4,6-8,10H2,1-2H3,(H2,25,26,27,28)/t15-,18+/m1/s1. The molecule has 0 spiro atoms. The summed E-state index contributed by atoms with van der Waals surface area (Å²) < 4.78 is 13.2. The number of nitriles is 1. The van der Waals surface area contributed by atoms with Crippen LogP contribution >= 0.6 is 11.6 Å². The van der Waals surface area contributed by atoms with E-state index in [4.69, 9.17) is 11.6 Å². The summed E-state index contributed by atoms with van der Waals surface area (Å²) in [6.45, 7) is 4.63. The minimum atomic E-state index is -0.437. The average Bonchev–Trinajstić information content (AvgIpc) is 2.67. The summed E-state index contributed by atoms with van der Waals surface area (Å²) in [5, 5.41) is 26.1. The fraction of sp³-hybridized carbons (Fsp3) is 0.476. The topological polar surface area (TPSA) is 93.9 Å². The molecule has 1 aromatic heterocycles. The van der Waals surface area contributed by atoms with Gasteiger partial charge in [-0.25, -0.2) is 9.37 Å². The highest BCUT2D eigenvalue weighted by Crippen LogP contribution is 2.36. The molecule has 1 aliphatic carbocycles. The van der Waals surface area contributed by atoms with E-state index in [2.05, 4.69) is 26.7 Å². The molecule has 3 rings (SSSR count). The Morgan fingerprint density at radius 3 is 2.86 bits per heavy atom. The Hall–Kier alpha value is -2.43. The van der Waals surface area contributed by atoms with E-state index in [1.807, 2.05) is 13.8 Å². The molecule has 0 bridgehead atoms. The van der Waals surface area contributed by atoms with Gasteiger partial charge in [0.2, 0.25) is 5.95 Å². The van der Waals surface area contributed by atoms with Crippen molar-refractivity contribution >= 4 is 23.4 Å². The Kier molecular flexibility index (Phi) is 6.56. The van der Waals surface area contributed by atoms with Crippen molar-refractivity contribution in [2.24, 2.45) is 5.41 Å². The molecular formula is C21H25ClFN5O. The van der Waals surface area contributed by atoms with E-state index in [9.17, 15) is 14.8 Å². The Labute approximate surface area is 175 Å². The Bertz CT molecular complexity index is 914. The second-order valence-electron chi connectivity index (χ2n) is 8.12. The van der Waals surface area contributed by atoms with E-state index in [0.717, 1.165) is 18.4 Å². The third-order valence-electron chi connectivity index (χ3n) is 5.39. The normalized spacial score (nSPS) is 20.7. The maximum absolute atomic E-state index is 13.2. The number of benzene rings is 1. The van der Waals surface area contributed by atoms with Crippen LogP contribution < -0.4 is 10.6 Å². The van der Waals surface area contributed by atoms with Gasteiger partial charge in [-0.2, -0.15) is 10.2 Å². The van der Waals surface area contributed by atoms with Gasteiger partial charge in [0.15, 0.2) is 0 Å². The maximum atomic E-state index is 13.2. The Balaban J connectivity index is 1.64. The van der Waals surface area contributed by atoms with Crippen molar-refractivity contribution in [2.75, 3.05) is 17.2 Å². The van der Waals surface area contributed by atoms with Gasteiger partial charge in [-0.15, -0.1) is 0 Å². The van der Waals surface area contributed by atoms with Crippen LogP contribution in [0.2, 0.25) is 5.02 Å². The van der Waals surface area contributed by atoms with Crippen LogP contribution in [-0.2, 0) is 6.42 Å². The lowest BCUT2D eigenvalue weighted by molar-refractivity contribution is 0.00926. The Morgan fingerprint density at radius 2 is 2.17 bits per heavy atom. The molecule has 29 heavy (non-hydrogen) atoms. The van der Waals surface area contributed by atoms with Gasteiger partial charge < -0.3 is 15.7 Å². The van der Waals surface area contributed by atoms with Crippen LogP contribution in [-0.4, -0.2) is 33.8 Å². The van der Waals surface area contributed by atoms with Gasteiger partial charge in [0.05, 0.1) is 17.3 Å². The minimum Gasteiger partial charge on any atom is -0.393 e. The number of aliphatic hydroxyl groups is 1. The second-order valence-corrected chi connectivity index (χ2v) is 8.53. The highest BCUT2D eigenvalue weighted by atomic mass is 35.5. The van der Waals surface area contributed by atoms with Crippen molar-refractivity contribution in [1.82, 2.24) is 9.97 Å². The molecule has 1 fully saturated rings. The highest BCUT2D eigenvalue weighted by Gasteiger charge is 2.35. The molecule has 0 saturated heterocycles. The van der Waals surface area contributed by atoms with Gasteiger partial charge in [-0.1, -0.05) is 31.5 Å². The zero-order chi connectivity index (χ0) is 21.0. The number of hydrogen-bond donors (Lipinski definition) is 3. The monoisotopic (exact) mass is 417 g/mol. The smallest absolute Gasteiger partial charge is 0.224 e. The molecule has 1 saturated carbocycles. The second kappa shape index (κ2) is 8.93. The van der Waals surface area contributed by atoms with Gasteiger partial charge in [-0.3, -0.25) is 0 Å². The average molecular weight is 418 g/mol. The van der Waals surface area contributed by atoms with Gasteiger partial charge in [-0.05, 0) is 48.8 Å². The number of aromatic nitrogens is 2. The number of hydrogen-bond acceptors (Lipinski definition) is 6. The number of aliphatic hydroxyl groups excluding tert-OH is 1. The van der Waals surface area contributed by atoms with Crippen molar-refractivity contribution in [3.8, 4) is 6.07 Å². The summed E-state index contributed by atoms with van der Waals surface area (Å²) in [7, 11) is 0. The summed E-state index contributed by atoms with van der Waals surface area (Å²) in [6, 6.07) is 6.89. The third kappa shape index (κ3) is 5.34. The predicted molar refractivity (Wildman–Crippen MR) is 111 cm³/mol. The number of nitrogens with one attached hydrogen (secondary N) is 2. The van der Waals surface area contributed by atoms with Crippen LogP contribution in [0.4, 0.5) is 16.2 Å². The van der Waals surface area contributed by atoms with Crippen LogP contribution in [0.25, 0.3) is 0 Å². The lowest BCUT2D eigenvalue weighted by atomic mass is 9.73. The third-order valence-corrected chi connectivity index (χ3v) is 5.68. The molecule has 154 valence electrons. The maximum Gasteiger partial charge on any atom is 0.224 e. The van der Waals surface area contributed by atoms with Crippen LogP contribution in [0.3, 0.4) is 0 Å². The van der Waals surface area contributed by atoms with E-state index < -0.39 is 5.82 Å². The zero-order valence-electron chi connectivity index (χ0n) is 16.5. The number of nitrogens with zero attached hydrogens (tertiary/aromatic N) is 3. The first-order valence-corrected chi connectivity index (χ1v) is 10.1. The van der Waals surface area contributed by atoms with Crippen molar-refractivity contribution in [1.29, 1.82) is 5.26 Å². The lowest BCUT2D eigenvalue weighted by Gasteiger charge is -2.40. The predicted octanol–water partition coefficient (Wildman–Crippen LogP) is 4.15. The fourth-order valence-corrected chi connectivity index (χ4v) is 3.82. The van der Waals surface area contributed by atoms with E-state index in [1.165, 1.54) is 12.3 Å². The summed E-state index contributed by atoms with van der Waals surface area (Å²) in [4.78, 5) is 8.66. The molecule has 0 aliphatic heterocycles. The summed E-state index contributed by atoms with van der Waals surface area (Å²) in [5.41, 5.74) is 1.09. The molecule has 1 heterocycles. The molecule has 0 radical (unpaired) electrons. The molecule has 0 unspecified atom stereocenters. The van der Waals surface area contributed by atoms with Crippen molar-refractivity contribution in [3.05, 3.63) is 46.4 Å². The van der Waals surface area contributed by atoms with Crippen LogP contribution in [0.15, 0.2) is 24.4 Å². The molecule has 1 aliphatic rings. The number of rotatable bonds is 6. The Morgan fingerprint density at radius 1 is 1.38 bits per heavy atom. The molecular weight excluding hydrogens is 393 g/mol. The molecule has 1 aromatic carbocycles. The molecule has 0 amide bonds. The van der Waals surface area contributed by atoms with Crippen molar-refractivity contribution in [2.45, 2.75) is 51.7 Å². The first kappa shape index (κ1) is 21.3. The largest absolute Gasteiger partial charge is 0.393 e. The van der Waals surface area contributed by atoms with Gasteiger partial charge >= 0.3 is 0 Å². The SMILES string of the molecule is CC1(C)C[C@H](Nc2nc(NCCc3ccc(F)c(Cl)c3)ncc2C#N)CC[C@@H]1O. The fourth-order valence-electron chi connectivity index (χ4n) is 3.61. The van der Waals surface area contributed by atoms with E-state index in [1.54, 1.807) is 12.1 Å². The van der Waals surface area contributed by atoms with E-state index >= 15 is 0 Å². The van der Waals surface area contributed by atoms with Crippen LogP contribution in [0.5, 0.6) is 0 Å². The molecule has 2 aromatic rings. The molecule has 6 nitrogen and oxygen atoms in total. The van der Waals surface area contributed by atoms with Crippen LogP contribution in [0, 0.1) is 22.6 Å². The summed E-state index contributed by atoms with van der Waals surface area (Å²) in [6.07, 6.45) is 4.11. The first-order valence-electron chi connectivity index (χ1n) is 9.68. The van der Waals surface area contributed by atoms with E-state index in [-0.39, 0.29) is 22.6 Å². The van der Waals surface area contributed by atoms with Gasteiger partial charge in [0.25, 0.3) is 0 Å². The highest BCUT2D eigenvalue weighted by molar-refractivity contribution is 6.30. The number of halogens is 2. The number of anilines is 2. The summed E-state index contributed by atoms with van der Waals surface area (Å²) in [5.74, 6) is 0.467. The van der Waals surface area contributed by atoms with Crippen molar-refractivity contribution in [3.63, 3.8) is 0 Å². The quantitative estimate of drug-likeness (QED) is 0.653. The van der Waals surface area contributed by atoms with Gasteiger partial charge in [0.1, 0.15) is 23.3 Å². The minimum absolute atomic E-state index is 0.101. The van der Waals surface area contributed by atoms with Crippen molar-refractivity contribution < 1.29 is 9.50 Å². The van der Waals surface area contributed by atoms with E-state index in [0.29, 0.717) is 36.7 Å². The van der Waals surface area contributed by atoms with Gasteiger partial charge in [0, 0.05) is 12.6 Å². The van der Waals surface area contributed by atoms with Crippen LogP contribution in [0.1, 0.15) is 44.2 Å². The first-order chi connectivity index (χ1) is 13.8. The molecule has 2 atom stereocenters. The zero-order valence-corrected chi connectivity index (χ0v) is 17.3. The lowest BCUT2D eigenvalue weighted by Crippen LogP contribution is -2.41.